The number of carbonyl (C=O) groups is 2. The minimum Gasteiger partial charge on any atom is -0.394 e. The zero-order chi connectivity index (χ0) is 11.1. The molecule has 0 heterocycles. The summed E-state index contributed by atoms with van der Waals surface area (Å²) in [5.74, 6) is -0.0642. The average Bonchev–Trinajstić information content (AvgIpc) is 2.00. The SMILES string of the molecule is CC(=O)CC(=O)NC(CO)CC(C)C. The van der Waals surface area contributed by atoms with Gasteiger partial charge < -0.3 is 10.4 Å². The van der Waals surface area contributed by atoms with Gasteiger partial charge in [0.25, 0.3) is 0 Å². The largest absolute Gasteiger partial charge is 0.394 e. The quantitative estimate of drug-likeness (QED) is 0.614. The van der Waals surface area contributed by atoms with Crippen molar-refractivity contribution in [2.45, 2.75) is 39.7 Å². The Morgan fingerprint density at radius 3 is 2.29 bits per heavy atom. The van der Waals surface area contributed by atoms with Gasteiger partial charge in [-0.2, -0.15) is 0 Å². The Balaban J connectivity index is 3.92. The van der Waals surface area contributed by atoms with Crippen LogP contribution in [0.5, 0.6) is 0 Å². The van der Waals surface area contributed by atoms with Crippen LogP contribution in [-0.4, -0.2) is 29.4 Å². The lowest BCUT2D eigenvalue weighted by Gasteiger charge is -2.17. The van der Waals surface area contributed by atoms with E-state index in [1.807, 2.05) is 13.8 Å². The summed E-state index contributed by atoms with van der Waals surface area (Å²) in [7, 11) is 0. The van der Waals surface area contributed by atoms with Crippen LogP contribution in [0.2, 0.25) is 0 Å². The fourth-order valence-electron chi connectivity index (χ4n) is 1.25. The van der Waals surface area contributed by atoms with Gasteiger partial charge >= 0.3 is 0 Å². The number of Topliss-reactive ketones (excluding diaryl/α,β-unsaturated/α-hetero) is 1. The van der Waals surface area contributed by atoms with E-state index in [0.717, 1.165) is 6.42 Å². The van der Waals surface area contributed by atoms with Gasteiger partial charge in [-0.1, -0.05) is 13.8 Å². The predicted octanol–water partition coefficient (Wildman–Crippen LogP) is 0.489. The first-order chi connectivity index (χ1) is 6.45. The lowest BCUT2D eigenvalue weighted by Crippen LogP contribution is -2.39. The van der Waals surface area contributed by atoms with E-state index in [9.17, 15) is 9.59 Å². The van der Waals surface area contributed by atoms with Crippen molar-refractivity contribution < 1.29 is 14.7 Å². The third-order valence-electron chi connectivity index (χ3n) is 1.75. The van der Waals surface area contributed by atoms with E-state index in [0.29, 0.717) is 5.92 Å². The van der Waals surface area contributed by atoms with Crippen molar-refractivity contribution in [1.29, 1.82) is 0 Å². The Labute approximate surface area is 84.7 Å². The van der Waals surface area contributed by atoms with Crippen LogP contribution in [0.4, 0.5) is 0 Å². The molecule has 0 rings (SSSR count). The number of hydrogen-bond acceptors (Lipinski definition) is 3. The van der Waals surface area contributed by atoms with E-state index in [4.69, 9.17) is 5.11 Å². The highest BCUT2D eigenvalue weighted by atomic mass is 16.3. The molecule has 0 radical (unpaired) electrons. The van der Waals surface area contributed by atoms with Crippen molar-refractivity contribution in [3.05, 3.63) is 0 Å². The van der Waals surface area contributed by atoms with Gasteiger partial charge in [-0.05, 0) is 19.3 Å². The molecular formula is C10H19NO3. The lowest BCUT2D eigenvalue weighted by molar-refractivity contribution is -0.127. The lowest BCUT2D eigenvalue weighted by atomic mass is 10.0. The van der Waals surface area contributed by atoms with Crippen molar-refractivity contribution in [3.63, 3.8) is 0 Å². The minimum absolute atomic E-state index is 0.0815. The van der Waals surface area contributed by atoms with Crippen molar-refractivity contribution in [1.82, 2.24) is 5.32 Å². The van der Waals surface area contributed by atoms with Crippen LogP contribution in [0.1, 0.15) is 33.6 Å². The zero-order valence-electron chi connectivity index (χ0n) is 9.04. The third kappa shape index (κ3) is 6.60. The van der Waals surface area contributed by atoms with E-state index in [1.165, 1.54) is 6.92 Å². The summed E-state index contributed by atoms with van der Waals surface area (Å²) in [6, 6.07) is -0.234. The van der Waals surface area contributed by atoms with Gasteiger partial charge in [-0.15, -0.1) is 0 Å². The second-order valence-electron chi connectivity index (χ2n) is 3.96. The van der Waals surface area contributed by atoms with Gasteiger partial charge in [-0.25, -0.2) is 0 Å². The van der Waals surface area contributed by atoms with Crippen LogP contribution < -0.4 is 5.32 Å². The maximum atomic E-state index is 11.2. The Morgan fingerprint density at radius 2 is 1.93 bits per heavy atom. The number of ketones is 1. The first kappa shape index (κ1) is 13.1. The Kier molecular flexibility index (Phi) is 6.12. The van der Waals surface area contributed by atoms with Crippen LogP contribution in [0, 0.1) is 5.92 Å². The number of aliphatic hydroxyl groups is 1. The summed E-state index contributed by atoms with van der Waals surface area (Å²) in [5.41, 5.74) is 0. The molecule has 0 aromatic carbocycles. The molecule has 0 aromatic heterocycles. The molecule has 1 atom stereocenters. The second-order valence-corrected chi connectivity index (χ2v) is 3.96. The van der Waals surface area contributed by atoms with Crippen molar-refractivity contribution >= 4 is 11.7 Å². The smallest absolute Gasteiger partial charge is 0.227 e. The van der Waals surface area contributed by atoms with Crippen molar-refractivity contribution in [2.75, 3.05) is 6.61 Å². The van der Waals surface area contributed by atoms with Crippen molar-refractivity contribution in [2.24, 2.45) is 5.92 Å². The molecule has 0 aliphatic rings. The number of amides is 1. The summed E-state index contributed by atoms with van der Waals surface area (Å²) in [6.07, 6.45) is 0.620. The standard InChI is InChI=1S/C10H19NO3/c1-7(2)4-9(6-12)11-10(14)5-8(3)13/h7,9,12H,4-6H2,1-3H3,(H,11,14). The highest BCUT2D eigenvalue weighted by Crippen LogP contribution is 2.04. The first-order valence-electron chi connectivity index (χ1n) is 4.85. The van der Waals surface area contributed by atoms with Crippen LogP contribution >= 0.6 is 0 Å². The molecular weight excluding hydrogens is 182 g/mol. The number of carbonyl (C=O) groups excluding carboxylic acids is 2. The molecule has 4 heteroatoms. The fourth-order valence-corrected chi connectivity index (χ4v) is 1.25. The molecule has 0 bridgehead atoms. The molecule has 2 N–H and O–H groups in total. The van der Waals surface area contributed by atoms with Crippen LogP contribution in [0.15, 0.2) is 0 Å². The van der Waals surface area contributed by atoms with Gasteiger partial charge in [0.1, 0.15) is 5.78 Å². The van der Waals surface area contributed by atoms with E-state index in [-0.39, 0.29) is 30.8 Å². The number of hydrogen-bond donors (Lipinski definition) is 2. The Morgan fingerprint density at radius 1 is 1.36 bits per heavy atom. The Bertz CT molecular complexity index is 202. The maximum absolute atomic E-state index is 11.2. The van der Waals surface area contributed by atoms with Crippen molar-refractivity contribution in [3.8, 4) is 0 Å². The summed E-state index contributed by atoms with van der Waals surface area (Å²) < 4.78 is 0. The van der Waals surface area contributed by atoms with Gasteiger partial charge in [0.15, 0.2) is 0 Å². The molecule has 0 aromatic rings. The summed E-state index contributed by atoms with van der Waals surface area (Å²) in [4.78, 5) is 21.8. The number of rotatable bonds is 6. The Hall–Kier alpha value is -0.900. The fraction of sp³-hybridized carbons (Fsp3) is 0.800. The molecule has 0 saturated heterocycles. The molecule has 1 amide bonds. The summed E-state index contributed by atoms with van der Waals surface area (Å²) in [5, 5.41) is 11.6. The highest BCUT2D eigenvalue weighted by molar-refractivity contribution is 5.96. The van der Waals surface area contributed by atoms with Crippen LogP contribution in [-0.2, 0) is 9.59 Å². The molecule has 0 saturated carbocycles. The topological polar surface area (TPSA) is 66.4 Å². The number of aliphatic hydroxyl groups excluding tert-OH is 1. The van der Waals surface area contributed by atoms with E-state index in [2.05, 4.69) is 5.32 Å². The average molecular weight is 201 g/mol. The predicted molar refractivity (Wildman–Crippen MR) is 53.8 cm³/mol. The molecule has 0 fully saturated rings. The van der Waals surface area contributed by atoms with E-state index >= 15 is 0 Å². The summed E-state index contributed by atoms with van der Waals surface area (Å²) >= 11 is 0. The molecule has 4 nitrogen and oxygen atoms in total. The van der Waals surface area contributed by atoms with Gasteiger partial charge in [0.2, 0.25) is 5.91 Å². The summed E-state index contributed by atoms with van der Waals surface area (Å²) in [6.45, 7) is 5.32. The third-order valence-corrected chi connectivity index (χ3v) is 1.75. The number of nitrogens with one attached hydrogen (secondary N) is 1. The molecule has 0 aliphatic carbocycles. The van der Waals surface area contributed by atoms with E-state index in [1.54, 1.807) is 0 Å². The zero-order valence-corrected chi connectivity index (χ0v) is 9.04. The first-order valence-corrected chi connectivity index (χ1v) is 4.85. The molecule has 0 aliphatic heterocycles. The van der Waals surface area contributed by atoms with E-state index < -0.39 is 0 Å². The van der Waals surface area contributed by atoms with Crippen LogP contribution in [0.25, 0.3) is 0 Å². The molecule has 0 spiro atoms. The second kappa shape index (κ2) is 6.54. The monoisotopic (exact) mass is 201 g/mol. The molecule has 1 unspecified atom stereocenters. The molecule has 14 heavy (non-hydrogen) atoms. The van der Waals surface area contributed by atoms with Crippen LogP contribution in [0.3, 0.4) is 0 Å². The van der Waals surface area contributed by atoms with Gasteiger partial charge in [-0.3, -0.25) is 9.59 Å². The van der Waals surface area contributed by atoms with Gasteiger partial charge in [0.05, 0.1) is 19.1 Å². The maximum Gasteiger partial charge on any atom is 0.227 e. The normalized spacial score (nSPS) is 12.6. The highest BCUT2D eigenvalue weighted by Gasteiger charge is 2.13. The minimum atomic E-state index is -0.308. The molecule has 82 valence electrons. The van der Waals surface area contributed by atoms with Gasteiger partial charge in [0, 0.05) is 0 Å².